The number of hydrogen-bond donors (Lipinski definition) is 1. The summed E-state index contributed by atoms with van der Waals surface area (Å²) >= 11 is 0. The molecule has 0 aliphatic carbocycles. The SMILES string of the molecule is O=C(Cc1ccccc1)N[C@H]1CC(=O)N(c2ccccc2)C1. The van der Waals surface area contributed by atoms with E-state index in [2.05, 4.69) is 5.32 Å². The summed E-state index contributed by atoms with van der Waals surface area (Å²) in [5.41, 5.74) is 1.86. The minimum atomic E-state index is -0.121. The van der Waals surface area contributed by atoms with Crippen molar-refractivity contribution >= 4 is 17.5 Å². The molecule has 3 rings (SSSR count). The van der Waals surface area contributed by atoms with Crippen molar-refractivity contribution in [2.24, 2.45) is 0 Å². The van der Waals surface area contributed by atoms with E-state index in [1.165, 1.54) is 0 Å². The maximum atomic E-state index is 12.1. The van der Waals surface area contributed by atoms with E-state index in [9.17, 15) is 9.59 Å². The van der Waals surface area contributed by atoms with Crippen molar-refractivity contribution in [1.82, 2.24) is 5.32 Å². The molecule has 2 aromatic carbocycles. The standard InChI is InChI=1S/C18H18N2O2/c21-17(11-14-7-3-1-4-8-14)19-15-12-18(22)20(13-15)16-9-5-2-6-10-16/h1-10,15H,11-13H2,(H,19,21)/t15-/m0/s1. The van der Waals surface area contributed by atoms with Gasteiger partial charge in [0.05, 0.1) is 12.5 Å². The summed E-state index contributed by atoms with van der Waals surface area (Å²) in [7, 11) is 0. The summed E-state index contributed by atoms with van der Waals surface area (Å²) in [6.07, 6.45) is 0.701. The highest BCUT2D eigenvalue weighted by Crippen LogP contribution is 2.21. The third kappa shape index (κ3) is 3.34. The maximum absolute atomic E-state index is 12.1. The van der Waals surface area contributed by atoms with Crippen molar-refractivity contribution in [3.63, 3.8) is 0 Å². The summed E-state index contributed by atoms with van der Waals surface area (Å²) in [6.45, 7) is 0.531. The highest BCUT2D eigenvalue weighted by atomic mass is 16.2. The molecule has 2 aromatic rings. The molecule has 1 heterocycles. The zero-order valence-corrected chi connectivity index (χ0v) is 12.2. The van der Waals surface area contributed by atoms with E-state index in [0.29, 0.717) is 19.4 Å². The van der Waals surface area contributed by atoms with Gasteiger partial charge in [0, 0.05) is 18.7 Å². The highest BCUT2D eigenvalue weighted by molar-refractivity contribution is 5.96. The monoisotopic (exact) mass is 294 g/mol. The first-order valence-corrected chi connectivity index (χ1v) is 7.41. The lowest BCUT2D eigenvalue weighted by Crippen LogP contribution is -2.38. The molecule has 1 aliphatic rings. The largest absolute Gasteiger partial charge is 0.351 e. The van der Waals surface area contributed by atoms with E-state index < -0.39 is 0 Å². The van der Waals surface area contributed by atoms with Crippen LogP contribution in [0.2, 0.25) is 0 Å². The van der Waals surface area contributed by atoms with Crippen molar-refractivity contribution in [3.8, 4) is 0 Å². The summed E-state index contributed by atoms with van der Waals surface area (Å²) in [4.78, 5) is 25.9. The molecule has 0 aromatic heterocycles. The lowest BCUT2D eigenvalue weighted by molar-refractivity contribution is -0.121. The normalized spacial score (nSPS) is 17.5. The van der Waals surface area contributed by atoms with Crippen LogP contribution >= 0.6 is 0 Å². The topological polar surface area (TPSA) is 49.4 Å². The Kier molecular flexibility index (Phi) is 4.19. The number of nitrogens with zero attached hydrogens (tertiary/aromatic N) is 1. The van der Waals surface area contributed by atoms with E-state index in [4.69, 9.17) is 0 Å². The van der Waals surface area contributed by atoms with E-state index >= 15 is 0 Å². The average molecular weight is 294 g/mol. The van der Waals surface area contributed by atoms with Crippen LogP contribution in [0.15, 0.2) is 60.7 Å². The van der Waals surface area contributed by atoms with Gasteiger partial charge in [-0.3, -0.25) is 9.59 Å². The molecule has 1 fully saturated rings. The van der Waals surface area contributed by atoms with Crippen molar-refractivity contribution in [2.75, 3.05) is 11.4 Å². The molecule has 0 spiro atoms. The molecule has 1 aliphatic heterocycles. The number of amides is 2. The summed E-state index contributed by atoms with van der Waals surface area (Å²) in [5, 5.41) is 2.96. The fraction of sp³-hybridized carbons (Fsp3) is 0.222. The highest BCUT2D eigenvalue weighted by Gasteiger charge is 2.31. The summed E-state index contributed by atoms with van der Waals surface area (Å²) < 4.78 is 0. The van der Waals surface area contributed by atoms with Gasteiger partial charge >= 0.3 is 0 Å². The molecule has 112 valence electrons. The number of nitrogens with one attached hydrogen (secondary N) is 1. The number of benzene rings is 2. The average Bonchev–Trinajstić information content (AvgIpc) is 2.89. The summed E-state index contributed by atoms with van der Waals surface area (Å²) in [6, 6.07) is 19.0. The number of carbonyl (C=O) groups excluding carboxylic acids is 2. The van der Waals surface area contributed by atoms with Gasteiger partial charge in [-0.1, -0.05) is 48.5 Å². The van der Waals surface area contributed by atoms with Crippen LogP contribution in [-0.2, 0) is 16.0 Å². The Morgan fingerprint density at radius 3 is 2.36 bits per heavy atom. The van der Waals surface area contributed by atoms with Crippen LogP contribution in [0.25, 0.3) is 0 Å². The third-order valence-electron chi connectivity index (χ3n) is 3.77. The third-order valence-corrected chi connectivity index (χ3v) is 3.77. The van der Waals surface area contributed by atoms with Gasteiger partial charge in [0.15, 0.2) is 0 Å². The zero-order valence-electron chi connectivity index (χ0n) is 12.2. The molecule has 0 radical (unpaired) electrons. The lowest BCUT2D eigenvalue weighted by Gasteiger charge is -2.17. The van der Waals surface area contributed by atoms with Gasteiger partial charge in [0.2, 0.25) is 11.8 Å². The summed E-state index contributed by atoms with van der Waals surface area (Å²) in [5.74, 6) is 0.00937. The first-order valence-electron chi connectivity index (χ1n) is 7.41. The minimum absolute atomic E-state index is 0.0427. The molecular weight excluding hydrogens is 276 g/mol. The number of carbonyl (C=O) groups is 2. The second-order valence-electron chi connectivity index (χ2n) is 5.47. The fourth-order valence-corrected chi connectivity index (χ4v) is 2.72. The molecule has 0 unspecified atom stereocenters. The van der Waals surface area contributed by atoms with E-state index in [-0.39, 0.29) is 17.9 Å². The van der Waals surface area contributed by atoms with Crippen LogP contribution < -0.4 is 10.2 Å². The van der Waals surface area contributed by atoms with E-state index in [1.807, 2.05) is 60.7 Å². The van der Waals surface area contributed by atoms with E-state index in [0.717, 1.165) is 11.3 Å². The van der Waals surface area contributed by atoms with Gasteiger partial charge in [0.25, 0.3) is 0 Å². The van der Waals surface area contributed by atoms with Gasteiger partial charge in [-0.15, -0.1) is 0 Å². The number of para-hydroxylation sites is 1. The van der Waals surface area contributed by atoms with Gasteiger partial charge in [0.1, 0.15) is 0 Å². The molecule has 4 heteroatoms. The first kappa shape index (κ1) is 14.3. The molecule has 22 heavy (non-hydrogen) atoms. The Balaban J connectivity index is 1.58. The molecule has 0 saturated carbocycles. The molecular formula is C18H18N2O2. The molecule has 1 atom stereocenters. The van der Waals surface area contributed by atoms with Crippen LogP contribution in [0.3, 0.4) is 0 Å². The smallest absolute Gasteiger partial charge is 0.229 e. The molecule has 0 bridgehead atoms. The van der Waals surface area contributed by atoms with Crippen LogP contribution in [0.5, 0.6) is 0 Å². The maximum Gasteiger partial charge on any atom is 0.229 e. The molecule has 1 N–H and O–H groups in total. The van der Waals surface area contributed by atoms with Crippen LogP contribution in [0, 0.1) is 0 Å². The lowest BCUT2D eigenvalue weighted by atomic mass is 10.1. The van der Waals surface area contributed by atoms with Gasteiger partial charge < -0.3 is 10.2 Å². The van der Waals surface area contributed by atoms with Gasteiger partial charge in [-0.25, -0.2) is 0 Å². The van der Waals surface area contributed by atoms with Crippen LogP contribution in [-0.4, -0.2) is 24.4 Å². The van der Waals surface area contributed by atoms with E-state index in [1.54, 1.807) is 4.90 Å². The first-order chi connectivity index (χ1) is 10.7. The van der Waals surface area contributed by atoms with Crippen LogP contribution in [0.4, 0.5) is 5.69 Å². The Morgan fingerprint density at radius 2 is 1.68 bits per heavy atom. The van der Waals surface area contributed by atoms with Crippen molar-refractivity contribution in [3.05, 3.63) is 66.2 Å². The Bertz CT molecular complexity index is 655. The number of anilines is 1. The second-order valence-corrected chi connectivity index (χ2v) is 5.47. The Morgan fingerprint density at radius 1 is 1.05 bits per heavy atom. The van der Waals surface area contributed by atoms with Crippen molar-refractivity contribution in [2.45, 2.75) is 18.9 Å². The van der Waals surface area contributed by atoms with Crippen molar-refractivity contribution < 1.29 is 9.59 Å². The van der Waals surface area contributed by atoms with Crippen LogP contribution in [0.1, 0.15) is 12.0 Å². The Hall–Kier alpha value is -2.62. The Labute approximate surface area is 129 Å². The quantitative estimate of drug-likeness (QED) is 0.939. The number of rotatable bonds is 4. The predicted molar refractivity (Wildman–Crippen MR) is 85.5 cm³/mol. The van der Waals surface area contributed by atoms with Gasteiger partial charge in [-0.2, -0.15) is 0 Å². The minimum Gasteiger partial charge on any atom is -0.351 e. The van der Waals surface area contributed by atoms with Gasteiger partial charge in [-0.05, 0) is 17.7 Å². The molecule has 1 saturated heterocycles. The molecule has 4 nitrogen and oxygen atoms in total. The predicted octanol–water partition coefficient (Wildman–Crippen LogP) is 2.15. The molecule has 2 amide bonds. The number of hydrogen-bond acceptors (Lipinski definition) is 2. The fourth-order valence-electron chi connectivity index (χ4n) is 2.72. The second kappa shape index (κ2) is 6.43. The zero-order chi connectivity index (χ0) is 15.4. The van der Waals surface area contributed by atoms with Crippen molar-refractivity contribution in [1.29, 1.82) is 0 Å².